The van der Waals surface area contributed by atoms with Gasteiger partial charge in [-0.3, -0.25) is 0 Å². The molecular weight excluding hydrogens is 152 g/mol. The summed E-state index contributed by atoms with van der Waals surface area (Å²) >= 11 is 0. The molecule has 0 radical (unpaired) electrons. The highest BCUT2D eigenvalue weighted by Gasteiger charge is 1.85. The SMILES string of the molecule is ON=C[n+]1ccccc1.[Cl-]. The molecule has 0 saturated heterocycles. The van der Waals surface area contributed by atoms with Crippen molar-refractivity contribution in [2.75, 3.05) is 0 Å². The highest BCUT2D eigenvalue weighted by molar-refractivity contribution is 5.41. The molecule has 0 aromatic carbocycles. The number of pyridine rings is 1. The maximum Gasteiger partial charge on any atom is 0.338 e. The van der Waals surface area contributed by atoms with Crippen molar-refractivity contribution >= 4 is 6.34 Å². The van der Waals surface area contributed by atoms with Crippen molar-refractivity contribution < 1.29 is 22.2 Å². The second-order valence-electron chi connectivity index (χ2n) is 1.55. The molecule has 1 rings (SSSR count). The second kappa shape index (κ2) is 4.76. The first-order valence-corrected chi connectivity index (χ1v) is 2.57. The van der Waals surface area contributed by atoms with Gasteiger partial charge in [0.2, 0.25) is 0 Å². The molecule has 0 saturated carbocycles. The molecule has 0 unspecified atom stereocenters. The van der Waals surface area contributed by atoms with Gasteiger partial charge in [0.15, 0.2) is 0 Å². The van der Waals surface area contributed by atoms with Gasteiger partial charge >= 0.3 is 6.34 Å². The Labute approximate surface area is 65.0 Å². The van der Waals surface area contributed by atoms with Crippen LogP contribution in [0.4, 0.5) is 0 Å². The molecule has 10 heavy (non-hydrogen) atoms. The molecule has 0 bridgehead atoms. The Morgan fingerprint density at radius 3 is 2.30 bits per heavy atom. The summed E-state index contributed by atoms with van der Waals surface area (Å²) < 4.78 is 1.64. The molecule has 0 aliphatic carbocycles. The molecule has 4 heteroatoms. The Morgan fingerprint density at radius 1 is 1.20 bits per heavy atom. The number of rotatable bonds is 1. The number of oxime groups is 1. The fourth-order valence-corrected chi connectivity index (χ4v) is 0.549. The van der Waals surface area contributed by atoms with Gasteiger partial charge in [0, 0.05) is 0 Å². The van der Waals surface area contributed by atoms with Gasteiger partial charge in [-0.25, -0.2) is 4.57 Å². The summed E-state index contributed by atoms with van der Waals surface area (Å²) in [4.78, 5) is 0. The topological polar surface area (TPSA) is 36.5 Å². The fraction of sp³-hybridized carbons (Fsp3) is 0. The summed E-state index contributed by atoms with van der Waals surface area (Å²) in [7, 11) is 0. The minimum absolute atomic E-state index is 0. The quantitative estimate of drug-likeness (QED) is 0.155. The molecule has 0 amide bonds. The summed E-state index contributed by atoms with van der Waals surface area (Å²) in [5.74, 6) is 0. The Bertz CT molecular complexity index is 200. The molecule has 3 nitrogen and oxygen atoms in total. The van der Waals surface area contributed by atoms with E-state index >= 15 is 0 Å². The smallest absolute Gasteiger partial charge is 0.338 e. The van der Waals surface area contributed by atoms with Crippen LogP contribution < -0.4 is 17.0 Å². The van der Waals surface area contributed by atoms with E-state index in [4.69, 9.17) is 5.21 Å². The highest BCUT2D eigenvalue weighted by Crippen LogP contribution is 1.72. The molecule has 0 atom stereocenters. The van der Waals surface area contributed by atoms with E-state index in [0.717, 1.165) is 0 Å². The average Bonchev–Trinajstić information content (AvgIpc) is 1.91. The molecule has 54 valence electrons. The maximum absolute atomic E-state index is 8.07. The summed E-state index contributed by atoms with van der Waals surface area (Å²) in [6.45, 7) is 0. The summed E-state index contributed by atoms with van der Waals surface area (Å²) in [6, 6.07) is 5.59. The van der Waals surface area contributed by atoms with Crippen LogP contribution in [-0.2, 0) is 0 Å². The molecule has 1 heterocycles. The largest absolute Gasteiger partial charge is 1.00 e. The van der Waals surface area contributed by atoms with Gasteiger partial charge in [-0.15, -0.1) is 0 Å². The van der Waals surface area contributed by atoms with Crippen molar-refractivity contribution in [3.63, 3.8) is 0 Å². The lowest BCUT2D eigenvalue weighted by molar-refractivity contribution is -0.547. The van der Waals surface area contributed by atoms with Crippen molar-refractivity contribution in [3.8, 4) is 0 Å². The zero-order valence-electron chi connectivity index (χ0n) is 5.18. The van der Waals surface area contributed by atoms with Crippen LogP contribution in [0.3, 0.4) is 0 Å². The van der Waals surface area contributed by atoms with Gasteiger partial charge in [-0.05, 0) is 12.1 Å². The third-order valence-corrected chi connectivity index (χ3v) is 0.924. The molecule has 0 aliphatic heterocycles. The van der Waals surface area contributed by atoms with Crippen LogP contribution in [0.1, 0.15) is 0 Å². The number of halogens is 1. The average molecular weight is 159 g/mol. The molecular formula is C6H7ClN2O. The number of aromatic nitrogens is 1. The van der Waals surface area contributed by atoms with E-state index in [2.05, 4.69) is 5.16 Å². The Hall–Kier alpha value is -1.09. The van der Waals surface area contributed by atoms with E-state index in [0.29, 0.717) is 0 Å². The van der Waals surface area contributed by atoms with E-state index in [1.54, 1.807) is 17.0 Å². The second-order valence-corrected chi connectivity index (χ2v) is 1.55. The van der Waals surface area contributed by atoms with Crippen LogP contribution in [0.15, 0.2) is 35.7 Å². The van der Waals surface area contributed by atoms with Gasteiger partial charge in [0.25, 0.3) is 0 Å². The van der Waals surface area contributed by atoms with Crippen molar-refractivity contribution in [2.45, 2.75) is 0 Å². The maximum atomic E-state index is 8.07. The van der Waals surface area contributed by atoms with Crippen LogP contribution >= 0.6 is 0 Å². The van der Waals surface area contributed by atoms with E-state index in [1.165, 1.54) is 6.34 Å². The van der Waals surface area contributed by atoms with E-state index in [9.17, 15) is 0 Å². The molecule has 0 spiro atoms. The fourth-order valence-electron chi connectivity index (χ4n) is 0.549. The van der Waals surface area contributed by atoms with E-state index < -0.39 is 0 Å². The van der Waals surface area contributed by atoms with E-state index in [1.807, 2.05) is 18.2 Å². The highest BCUT2D eigenvalue weighted by atomic mass is 35.5. The normalized spacial score (nSPS) is 9.20. The first kappa shape index (κ1) is 8.91. The molecule has 1 aromatic rings. The Morgan fingerprint density at radius 2 is 1.80 bits per heavy atom. The molecule has 0 aliphatic rings. The third kappa shape index (κ3) is 2.46. The van der Waals surface area contributed by atoms with E-state index in [-0.39, 0.29) is 12.4 Å². The molecule has 1 aromatic heterocycles. The minimum atomic E-state index is 0. The number of nitrogens with zero attached hydrogens (tertiary/aromatic N) is 2. The number of hydrogen-bond donors (Lipinski definition) is 1. The lowest BCUT2D eigenvalue weighted by Gasteiger charge is -1.82. The predicted molar refractivity (Wildman–Crippen MR) is 32.3 cm³/mol. The Kier molecular flexibility index (Phi) is 4.24. The van der Waals surface area contributed by atoms with Crippen LogP contribution in [0, 0.1) is 0 Å². The van der Waals surface area contributed by atoms with Crippen LogP contribution in [0.25, 0.3) is 0 Å². The van der Waals surface area contributed by atoms with Crippen molar-refractivity contribution in [2.24, 2.45) is 5.16 Å². The lowest BCUT2D eigenvalue weighted by atomic mass is 10.5. The van der Waals surface area contributed by atoms with Crippen LogP contribution in [0.5, 0.6) is 0 Å². The van der Waals surface area contributed by atoms with Crippen molar-refractivity contribution in [3.05, 3.63) is 30.6 Å². The van der Waals surface area contributed by atoms with Crippen LogP contribution in [0.2, 0.25) is 0 Å². The van der Waals surface area contributed by atoms with Crippen LogP contribution in [-0.4, -0.2) is 11.5 Å². The first-order chi connectivity index (χ1) is 4.43. The lowest BCUT2D eigenvalue weighted by Crippen LogP contribution is -3.00. The Balaban J connectivity index is 0.000000810. The van der Waals surface area contributed by atoms with Gasteiger partial charge < -0.3 is 17.6 Å². The third-order valence-electron chi connectivity index (χ3n) is 0.924. The molecule has 0 fully saturated rings. The zero-order chi connectivity index (χ0) is 6.53. The van der Waals surface area contributed by atoms with Gasteiger partial charge in [-0.1, -0.05) is 6.07 Å². The summed E-state index contributed by atoms with van der Waals surface area (Å²) in [5.41, 5.74) is 0. The minimum Gasteiger partial charge on any atom is -1.00 e. The van der Waals surface area contributed by atoms with Crippen molar-refractivity contribution in [1.82, 2.24) is 0 Å². The van der Waals surface area contributed by atoms with Gasteiger partial charge in [0.05, 0.1) is 12.4 Å². The van der Waals surface area contributed by atoms with Gasteiger partial charge in [0.1, 0.15) is 5.16 Å². The zero-order valence-corrected chi connectivity index (χ0v) is 5.94. The number of hydrogen-bond acceptors (Lipinski definition) is 2. The summed E-state index contributed by atoms with van der Waals surface area (Å²) in [5, 5.41) is 10.9. The first-order valence-electron chi connectivity index (χ1n) is 2.57. The monoisotopic (exact) mass is 158 g/mol. The van der Waals surface area contributed by atoms with Crippen molar-refractivity contribution in [1.29, 1.82) is 0 Å². The molecule has 1 N–H and O–H groups in total. The van der Waals surface area contributed by atoms with Gasteiger partial charge in [-0.2, -0.15) is 0 Å². The standard InChI is InChI=1S/C6H6N2O.ClH/c9-7-6-8-4-2-1-3-5-8;/h1-6H;1H. The summed E-state index contributed by atoms with van der Waals surface area (Å²) in [6.07, 6.45) is 4.86. The predicted octanol–water partition coefficient (Wildman–Crippen LogP) is -2.76.